The number of anilines is 1. The van der Waals surface area contributed by atoms with Crippen molar-refractivity contribution in [1.82, 2.24) is 25.1 Å². The topological polar surface area (TPSA) is 96.0 Å². The summed E-state index contributed by atoms with van der Waals surface area (Å²) in [7, 11) is 1.52. The van der Waals surface area contributed by atoms with Crippen molar-refractivity contribution in [1.29, 1.82) is 0 Å². The van der Waals surface area contributed by atoms with Crippen molar-refractivity contribution in [2.45, 2.75) is 13.1 Å². The zero-order valence-corrected chi connectivity index (χ0v) is 16.8. The number of nitrogens with zero attached hydrogens (tertiary/aromatic N) is 4. The van der Waals surface area contributed by atoms with Crippen molar-refractivity contribution < 1.29 is 9.53 Å². The fourth-order valence-electron chi connectivity index (χ4n) is 3.58. The van der Waals surface area contributed by atoms with E-state index in [9.17, 15) is 4.79 Å². The number of rotatable bonds is 4. The number of fused-ring (bicyclic) bond motifs is 2. The van der Waals surface area contributed by atoms with Crippen molar-refractivity contribution in [3.8, 4) is 17.3 Å². The molecule has 9 heteroatoms. The Labute approximate surface area is 176 Å². The summed E-state index contributed by atoms with van der Waals surface area (Å²) in [6.45, 7) is 0.946. The Bertz CT molecular complexity index is 1250. The van der Waals surface area contributed by atoms with Crippen molar-refractivity contribution in [2.75, 3.05) is 12.4 Å². The standard InChI is InChI=1S/C21H17ClN6O2/c1-30-20-23-8-14(9-24-20)19-16-6-13-11-28(10-12-3-2-4-15(22)5-12)21(29)25-17(13)7-18(16)26-27-19/h2-9H,10-11H2,1H3,(H,25,29)(H,26,27). The molecular weight excluding hydrogens is 404 g/mol. The first-order valence-corrected chi connectivity index (χ1v) is 9.66. The van der Waals surface area contributed by atoms with Gasteiger partial charge in [0.05, 0.1) is 12.6 Å². The van der Waals surface area contributed by atoms with Crippen LogP contribution in [-0.4, -0.2) is 38.2 Å². The second-order valence-electron chi connectivity index (χ2n) is 7.00. The molecule has 0 aliphatic carbocycles. The molecule has 1 aliphatic rings. The molecule has 0 atom stereocenters. The fourth-order valence-corrected chi connectivity index (χ4v) is 3.79. The number of carbonyl (C=O) groups is 1. The Morgan fingerprint density at radius 1 is 1.20 bits per heavy atom. The van der Waals surface area contributed by atoms with Gasteiger partial charge in [-0.1, -0.05) is 23.7 Å². The van der Waals surface area contributed by atoms with E-state index in [1.165, 1.54) is 7.11 Å². The Kier molecular flexibility index (Phi) is 4.48. The quantitative estimate of drug-likeness (QED) is 0.515. The van der Waals surface area contributed by atoms with E-state index in [4.69, 9.17) is 16.3 Å². The minimum Gasteiger partial charge on any atom is -0.467 e. The zero-order chi connectivity index (χ0) is 20.7. The van der Waals surface area contributed by atoms with Gasteiger partial charge in [-0.15, -0.1) is 0 Å². The molecule has 150 valence electrons. The summed E-state index contributed by atoms with van der Waals surface area (Å²) in [5, 5.41) is 12.0. The summed E-state index contributed by atoms with van der Waals surface area (Å²) < 4.78 is 5.02. The molecule has 5 rings (SSSR count). The first-order valence-electron chi connectivity index (χ1n) is 9.28. The summed E-state index contributed by atoms with van der Waals surface area (Å²) in [6, 6.07) is 11.6. The van der Waals surface area contributed by atoms with E-state index in [0.717, 1.165) is 39.0 Å². The average molecular weight is 421 g/mol. The first kappa shape index (κ1) is 18.4. The predicted octanol–water partition coefficient (Wildman–Crippen LogP) is 4.23. The highest BCUT2D eigenvalue weighted by atomic mass is 35.5. The lowest BCUT2D eigenvalue weighted by Crippen LogP contribution is -2.38. The third-order valence-electron chi connectivity index (χ3n) is 5.02. The van der Waals surface area contributed by atoms with Crippen LogP contribution in [0.4, 0.5) is 10.5 Å². The molecule has 4 aromatic rings. The lowest BCUT2D eigenvalue weighted by Gasteiger charge is -2.29. The van der Waals surface area contributed by atoms with Gasteiger partial charge in [0.1, 0.15) is 5.69 Å². The van der Waals surface area contributed by atoms with Gasteiger partial charge in [0.15, 0.2) is 0 Å². The van der Waals surface area contributed by atoms with E-state index in [2.05, 4.69) is 25.5 Å². The van der Waals surface area contributed by atoms with E-state index in [0.29, 0.717) is 24.1 Å². The molecule has 2 aromatic carbocycles. The van der Waals surface area contributed by atoms with Crippen molar-refractivity contribution in [3.63, 3.8) is 0 Å². The molecule has 0 spiro atoms. The molecule has 30 heavy (non-hydrogen) atoms. The SMILES string of the molecule is COc1ncc(-c2n[nH]c3cc4c(cc23)CN(Cc2cccc(Cl)c2)C(=O)N4)cn1. The van der Waals surface area contributed by atoms with Gasteiger partial charge in [0, 0.05) is 47.1 Å². The normalized spacial score (nSPS) is 13.3. The number of aromatic nitrogens is 4. The van der Waals surface area contributed by atoms with Crippen LogP contribution in [0.3, 0.4) is 0 Å². The molecule has 0 radical (unpaired) electrons. The number of benzene rings is 2. The van der Waals surface area contributed by atoms with Crippen LogP contribution in [0.2, 0.25) is 5.02 Å². The Morgan fingerprint density at radius 2 is 2.03 bits per heavy atom. The second kappa shape index (κ2) is 7.31. The predicted molar refractivity (Wildman–Crippen MR) is 113 cm³/mol. The number of nitrogens with one attached hydrogen (secondary N) is 2. The molecular formula is C21H17ClN6O2. The van der Waals surface area contributed by atoms with Crippen LogP contribution in [0.25, 0.3) is 22.2 Å². The number of hydrogen-bond acceptors (Lipinski definition) is 5. The smallest absolute Gasteiger partial charge is 0.322 e. The van der Waals surface area contributed by atoms with Crippen LogP contribution < -0.4 is 10.1 Å². The second-order valence-corrected chi connectivity index (χ2v) is 7.44. The van der Waals surface area contributed by atoms with Gasteiger partial charge >= 0.3 is 12.0 Å². The van der Waals surface area contributed by atoms with Crippen LogP contribution in [0.1, 0.15) is 11.1 Å². The summed E-state index contributed by atoms with van der Waals surface area (Å²) in [5.41, 5.74) is 5.09. The van der Waals surface area contributed by atoms with Gasteiger partial charge in [-0.2, -0.15) is 5.10 Å². The first-order chi connectivity index (χ1) is 14.6. The number of aromatic amines is 1. The molecule has 0 saturated heterocycles. The van der Waals surface area contributed by atoms with Crippen molar-refractivity contribution in [2.24, 2.45) is 0 Å². The molecule has 1 aliphatic heterocycles. The van der Waals surface area contributed by atoms with Gasteiger partial charge < -0.3 is 15.0 Å². The maximum Gasteiger partial charge on any atom is 0.322 e. The number of H-pyrrole nitrogens is 1. The average Bonchev–Trinajstić information content (AvgIpc) is 3.15. The molecule has 0 saturated carbocycles. The van der Waals surface area contributed by atoms with Gasteiger partial charge in [0.25, 0.3) is 0 Å². The van der Waals surface area contributed by atoms with Gasteiger partial charge in [-0.3, -0.25) is 5.10 Å². The number of halogens is 1. The number of ether oxygens (including phenoxy) is 1. The number of hydrogen-bond donors (Lipinski definition) is 2. The molecule has 3 heterocycles. The van der Waals surface area contributed by atoms with E-state index >= 15 is 0 Å². The summed E-state index contributed by atoms with van der Waals surface area (Å²) in [6.07, 6.45) is 3.35. The molecule has 0 bridgehead atoms. The fraction of sp³-hybridized carbons (Fsp3) is 0.143. The number of carbonyl (C=O) groups excluding carboxylic acids is 1. The lowest BCUT2D eigenvalue weighted by atomic mass is 10.0. The van der Waals surface area contributed by atoms with Gasteiger partial charge in [-0.05, 0) is 35.4 Å². The third-order valence-corrected chi connectivity index (χ3v) is 5.26. The molecule has 2 N–H and O–H groups in total. The lowest BCUT2D eigenvalue weighted by molar-refractivity contribution is 0.204. The molecule has 0 fully saturated rings. The minimum absolute atomic E-state index is 0.148. The highest BCUT2D eigenvalue weighted by Gasteiger charge is 2.24. The summed E-state index contributed by atoms with van der Waals surface area (Å²) in [4.78, 5) is 22.7. The monoisotopic (exact) mass is 420 g/mol. The maximum absolute atomic E-state index is 12.6. The third kappa shape index (κ3) is 3.31. The largest absolute Gasteiger partial charge is 0.467 e. The minimum atomic E-state index is -0.148. The van der Waals surface area contributed by atoms with Gasteiger partial charge in [0.2, 0.25) is 0 Å². The van der Waals surface area contributed by atoms with E-state index in [1.807, 2.05) is 36.4 Å². The van der Waals surface area contributed by atoms with E-state index < -0.39 is 0 Å². The molecule has 2 aromatic heterocycles. The summed E-state index contributed by atoms with van der Waals surface area (Å²) in [5.74, 6) is 0. The Morgan fingerprint density at radius 3 is 2.80 bits per heavy atom. The maximum atomic E-state index is 12.6. The van der Waals surface area contributed by atoms with E-state index in [-0.39, 0.29) is 6.03 Å². The van der Waals surface area contributed by atoms with Crippen molar-refractivity contribution in [3.05, 3.63) is 64.9 Å². The molecule has 0 unspecified atom stereocenters. The van der Waals surface area contributed by atoms with Crippen LogP contribution in [-0.2, 0) is 13.1 Å². The highest BCUT2D eigenvalue weighted by molar-refractivity contribution is 6.30. The number of methoxy groups -OCH3 is 1. The van der Waals surface area contributed by atoms with Crippen LogP contribution in [0, 0.1) is 0 Å². The van der Waals surface area contributed by atoms with Crippen molar-refractivity contribution >= 4 is 34.2 Å². The Hall–Kier alpha value is -3.65. The number of urea groups is 1. The number of amides is 2. The molecule has 8 nitrogen and oxygen atoms in total. The summed E-state index contributed by atoms with van der Waals surface area (Å²) >= 11 is 6.08. The molecule has 2 amide bonds. The van der Waals surface area contributed by atoms with Crippen LogP contribution >= 0.6 is 11.6 Å². The zero-order valence-electron chi connectivity index (χ0n) is 16.0. The van der Waals surface area contributed by atoms with E-state index in [1.54, 1.807) is 17.3 Å². The van der Waals surface area contributed by atoms with Crippen LogP contribution in [0.5, 0.6) is 6.01 Å². The van der Waals surface area contributed by atoms with Gasteiger partial charge in [-0.25, -0.2) is 14.8 Å². The van der Waals surface area contributed by atoms with Crippen LogP contribution in [0.15, 0.2) is 48.8 Å². The highest BCUT2D eigenvalue weighted by Crippen LogP contribution is 2.33. The Balaban J connectivity index is 1.48.